The number of carbonyl (C=O) groups excluding carboxylic acids is 1. The van der Waals surface area contributed by atoms with Gasteiger partial charge >= 0.3 is 0 Å². The molecule has 0 unspecified atom stereocenters. The van der Waals surface area contributed by atoms with Gasteiger partial charge in [-0.2, -0.15) is 0 Å². The predicted octanol–water partition coefficient (Wildman–Crippen LogP) is 5.18. The molecule has 1 heterocycles. The van der Waals surface area contributed by atoms with E-state index in [4.69, 9.17) is 9.47 Å². The first kappa shape index (κ1) is 20.2. The maximum Gasteiger partial charge on any atom is 0.261 e. The van der Waals surface area contributed by atoms with Gasteiger partial charge in [-0.25, -0.2) is 4.39 Å². The molecule has 28 heavy (non-hydrogen) atoms. The second kappa shape index (κ2) is 8.63. The normalized spacial score (nSPS) is 18.5. The summed E-state index contributed by atoms with van der Waals surface area (Å²) in [4.78, 5) is 13.0. The van der Waals surface area contributed by atoms with Gasteiger partial charge in [-0.15, -0.1) is 0 Å². The van der Waals surface area contributed by atoms with E-state index in [1.807, 2.05) is 31.2 Å². The molecule has 1 aliphatic heterocycles. The number of nitrogens with one attached hydrogen (secondary N) is 1. The molecule has 0 aliphatic carbocycles. The highest BCUT2D eigenvalue weighted by Gasteiger charge is 2.39. The van der Waals surface area contributed by atoms with E-state index in [2.05, 4.69) is 19.2 Å². The van der Waals surface area contributed by atoms with Crippen LogP contribution in [-0.4, -0.2) is 17.6 Å². The summed E-state index contributed by atoms with van der Waals surface area (Å²) in [5, 5.41) is 3.16. The first-order chi connectivity index (χ1) is 13.5. The molecule has 2 atom stereocenters. The van der Waals surface area contributed by atoms with Crippen LogP contribution in [0.2, 0.25) is 0 Å². The summed E-state index contributed by atoms with van der Waals surface area (Å²) in [6, 6.07) is 13.4. The third kappa shape index (κ3) is 4.29. The van der Waals surface area contributed by atoms with Crippen molar-refractivity contribution in [2.75, 3.05) is 0 Å². The Hall–Kier alpha value is -2.56. The Labute approximate surface area is 166 Å². The van der Waals surface area contributed by atoms with Gasteiger partial charge in [0.1, 0.15) is 22.9 Å². The molecule has 4 nitrogen and oxygen atoms in total. The fraction of sp³-hybridized carbons (Fsp3) is 0.435. The van der Waals surface area contributed by atoms with Gasteiger partial charge in [-0.1, -0.05) is 39.0 Å². The molecule has 0 saturated carbocycles. The smallest absolute Gasteiger partial charge is 0.261 e. The zero-order valence-electron chi connectivity index (χ0n) is 16.7. The molecule has 0 saturated heterocycles. The minimum Gasteiger partial charge on any atom is -0.487 e. The maximum absolute atomic E-state index is 13.1. The lowest BCUT2D eigenvalue weighted by atomic mass is 9.83. The summed E-state index contributed by atoms with van der Waals surface area (Å²) in [5.41, 5.74) is 0.705. The molecule has 0 fully saturated rings. The van der Waals surface area contributed by atoms with Crippen LogP contribution < -0.4 is 14.8 Å². The molecule has 1 aliphatic rings. The Morgan fingerprint density at radius 3 is 2.50 bits per heavy atom. The van der Waals surface area contributed by atoms with Crippen LogP contribution in [0, 0.1) is 5.82 Å². The van der Waals surface area contributed by atoms with Crippen molar-refractivity contribution in [3.05, 3.63) is 59.9 Å². The van der Waals surface area contributed by atoms with Gasteiger partial charge in [0.15, 0.2) is 6.10 Å². The zero-order chi connectivity index (χ0) is 20.1. The van der Waals surface area contributed by atoms with Crippen LogP contribution in [0.3, 0.4) is 0 Å². The van der Waals surface area contributed by atoms with Crippen molar-refractivity contribution in [1.29, 1.82) is 0 Å². The number of hydrogen-bond acceptors (Lipinski definition) is 3. The van der Waals surface area contributed by atoms with E-state index in [1.165, 1.54) is 24.3 Å². The fourth-order valence-electron chi connectivity index (χ4n) is 3.69. The summed E-state index contributed by atoms with van der Waals surface area (Å²) in [6.45, 7) is 6.12. The van der Waals surface area contributed by atoms with Crippen LogP contribution in [0.4, 0.5) is 4.39 Å². The molecule has 0 bridgehead atoms. The van der Waals surface area contributed by atoms with E-state index in [-0.39, 0.29) is 23.4 Å². The van der Waals surface area contributed by atoms with Gasteiger partial charge in [0, 0.05) is 12.0 Å². The molecule has 0 radical (unpaired) electrons. The molecule has 2 aromatic carbocycles. The molecule has 3 rings (SSSR count). The van der Waals surface area contributed by atoms with E-state index >= 15 is 0 Å². The van der Waals surface area contributed by atoms with E-state index in [0.717, 1.165) is 30.6 Å². The minimum absolute atomic E-state index is 0.136. The van der Waals surface area contributed by atoms with Crippen molar-refractivity contribution in [3.8, 4) is 11.5 Å². The Kier molecular flexibility index (Phi) is 6.22. The number of halogens is 1. The molecular weight excluding hydrogens is 357 g/mol. The molecule has 5 heteroatoms. The number of hydrogen-bond donors (Lipinski definition) is 1. The van der Waals surface area contributed by atoms with Crippen LogP contribution >= 0.6 is 0 Å². The van der Waals surface area contributed by atoms with Crippen molar-refractivity contribution >= 4 is 5.91 Å². The third-order valence-electron chi connectivity index (χ3n) is 5.56. The zero-order valence-corrected chi connectivity index (χ0v) is 16.7. The number of fused-ring (bicyclic) bond motifs is 1. The number of ether oxygens (including phenoxy) is 2. The highest BCUT2D eigenvalue weighted by atomic mass is 19.1. The van der Waals surface area contributed by atoms with E-state index in [9.17, 15) is 9.18 Å². The van der Waals surface area contributed by atoms with Crippen molar-refractivity contribution in [2.24, 2.45) is 0 Å². The summed E-state index contributed by atoms with van der Waals surface area (Å²) >= 11 is 0. The van der Waals surface area contributed by atoms with Crippen molar-refractivity contribution in [1.82, 2.24) is 5.32 Å². The first-order valence-electron chi connectivity index (χ1n) is 10.0. The quantitative estimate of drug-likeness (QED) is 0.714. The average Bonchev–Trinajstić information content (AvgIpc) is 2.73. The Morgan fingerprint density at radius 2 is 1.86 bits per heavy atom. The molecular formula is C23H28FNO3. The number of benzene rings is 2. The van der Waals surface area contributed by atoms with Crippen LogP contribution in [0.25, 0.3) is 0 Å². The molecule has 1 amide bonds. The van der Waals surface area contributed by atoms with Gasteiger partial charge < -0.3 is 14.8 Å². The van der Waals surface area contributed by atoms with Crippen molar-refractivity contribution in [2.45, 2.75) is 64.2 Å². The topological polar surface area (TPSA) is 47.6 Å². The van der Waals surface area contributed by atoms with Crippen LogP contribution in [0.15, 0.2) is 48.5 Å². The third-order valence-corrected chi connectivity index (χ3v) is 5.56. The summed E-state index contributed by atoms with van der Waals surface area (Å²) in [7, 11) is 0. The van der Waals surface area contributed by atoms with Gasteiger partial charge in [-0.05, 0) is 49.6 Å². The number of rotatable bonds is 7. The summed E-state index contributed by atoms with van der Waals surface area (Å²) < 4.78 is 25.2. The fourth-order valence-corrected chi connectivity index (χ4v) is 3.69. The Bertz CT molecular complexity index is 802. The number of para-hydroxylation sites is 1. The molecule has 0 spiro atoms. The average molecular weight is 385 g/mol. The van der Waals surface area contributed by atoms with Gasteiger partial charge in [0.05, 0.1) is 6.04 Å². The highest BCUT2D eigenvalue weighted by Crippen LogP contribution is 2.42. The van der Waals surface area contributed by atoms with Gasteiger partial charge in [-0.3, -0.25) is 4.79 Å². The van der Waals surface area contributed by atoms with Crippen LogP contribution in [0.1, 0.15) is 58.1 Å². The summed E-state index contributed by atoms with van der Waals surface area (Å²) in [6.07, 6.45) is 2.33. The summed E-state index contributed by atoms with van der Waals surface area (Å²) in [5.74, 6) is 0.802. The van der Waals surface area contributed by atoms with Crippen LogP contribution in [-0.2, 0) is 4.79 Å². The maximum atomic E-state index is 13.1. The Balaban J connectivity index is 1.78. The first-order valence-corrected chi connectivity index (χ1v) is 10.0. The second-order valence-electron chi connectivity index (χ2n) is 7.26. The van der Waals surface area contributed by atoms with Gasteiger partial charge in [0.25, 0.3) is 5.91 Å². The van der Waals surface area contributed by atoms with E-state index in [0.29, 0.717) is 12.2 Å². The van der Waals surface area contributed by atoms with Crippen LogP contribution in [0.5, 0.6) is 11.5 Å². The second-order valence-corrected chi connectivity index (χ2v) is 7.26. The number of carbonyl (C=O) groups is 1. The molecule has 1 N–H and O–H groups in total. The molecule has 0 aromatic heterocycles. The molecule has 2 aromatic rings. The van der Waals surface area contributed by atoms with Crippen molar-refractivity contribution in [3.63, 3.8) is 0 Å². The van der Waals surface area contributed by atoms with E-state index in [1.54, 1.807) is 0 Å². The lowest BCUT2D eigenvalue weighted by molar-refractivity contribution is -0.129. The van der Waals surface area contributed by atoms with E-state index < -0.39 is 6.10 Å². The highest BCUT2D eigenvalue weighted by molar-refractivity contribution is 5.81. The lowest BCUT2D eigenvalue weighted by Crippen LogP contribution is -2.47. The number of amides is 1. The lowest BCUT2D eigenvalue weighted by Gasteiger charge is -2.42. The van der Waals surface area contributed by atoms with Gasteiger partial charge in [0.2, 0.25) is 0 Å². The Morgan fingerprint density at radius 1 is 1.18 bits per heavy atom. The predicted molar refractivity (Wildman–Crippen MR) is 107 cm³/mol. The standard InChI is InChI=1S/C23H28FNO3/c1-4-20(27-17-13-11-16(24)12-14-17)22(26)25-19-15-23(5-2,6-3)28-21-10-8-7-9-18(19)21/h7-14,19-20H,4-6,15H2,1-3H3,(H,25,26)/t19-,20+/m0/s1. The largest absolute Gasteiger partial charge is 0.487 e. The minimum atomic E-state index is -0.641. The van der Waals surface area contributed by atoms with Crippen molar-refractivity contribution < 1.29 is 18.7 Å². The SMILES string of the molecule is CC[C@@H](Oc1ccc(F)cc1)C(=O)N[C@H]1CC(CC)(CC)Oc2ccccc21. The monoisotopic (exact) mass is 385 g/mol. The molecule has 150 valence electrons.